The summed E-state index contributed by atoms with van der Waals surface area (Å²) in [4.78, 5) is 21.6. The number of carbonyl (C=O) groups excluding carboxylic acids is 1. The standard InChI is InChI=1S/C23H25FN6O2/c1-23(2,32)19(24)13-28-22(31)17-12-26-20(9-18(17)29-16-4-3-5-16)30-7-6-15-8-14(10-25)11-27-21(15)30/h6-9,11-12,16,19,32H,3-5,13H2,1-2H3,(H,26,29)(H,28,31)/t19-/m1/s1. The fourth-order valence-electron chi connectivity index (χ4n) is 3.45. The lowest BCUT2D eigenvalue weighted by Crippen LogP contribution is -2.42. The van der Waals surface area contributed by atoms with Crippen molar-refractivity contribution in [1.29, 1.82) is 5.26 Å². The molecular formula is C23H25FN6O2. The van der Waals surface area contributed by atoms with Gasteiger partial charge in [0.05, 0.1) is 29.0 Å². The zero-order valence-corrected chi connectivity index (χ0v) is 18.0. The van der Waals surface area contributed by atoms with E-state index in [1.807, 2.05) is 12.3 Å². The first-order chi connectivity index (χ1) is 15.3. The average molecular weight is 436 g/mol. The Hall–Kier alpha value is -3.51. The van der Waals surface area contributed by atoms with Crippen LogP contribution >= 0.6 is 0 Å². The summed E-state index contributed by atoms with van der Waals surface area (Å²) in [6, 6.07) is 7.72. The van der Waals surface area contributed by atoms with Gasteiger partial charge in [-0.25, -0.2) is 14.4 Å². The van der Waals surface area contributed by atoms with Crippen LogP contribution in [-0.4, -0.2) is 49.9 Å². The number of rotatable bonds is 7. The normalized spacial score (nSPS) is 15.1. The summed E-state index contributed by atoms with van der Waals surface area (Å²) in [5.74, 6) is 0.0994. The summed E-state index contributed by atoms with van der Waals surface area (Å²) in [7, 11) is 0. The quantitative estimate of drug-likeness (QED) is 0.524. The summed E-state index contributed by atoms with van der Waals surface area (Å²) >= 11 is 0. The predicted octanol–water partition coefficient (Wildman–Crippen LogP) is 3.10. The second kappa shape index (κ2) is 8.55. The van der Waals surface area contributed by atoms with Crippen molar-refractivity contribution in [3.8, 4) is 11.9 Å². The van der Waals surface area contributed by atoms with Crippen LogP contribution < -0.4 is 10.6 Å². The second-order valence-corrected chi connectivity index (χ2v) is 8.63. The lowest BCUT2D eigenvalue weighted by Gasteiger charge is -2.28. The smallest absolute Gasteiger partial charge is 0.255 e. The first-order valence-electron chi connectivity index (χ1n) is 10.5. The van der Waals surface area contributed by atoms with E-state index in [4.69, 9.17) is 5.26 Å². The number of anilines is 1. The number of nitriles is 1. The maximum absolute atomic E-state index is 14.1. The van der Waals surface area contributed by atoms with Crippen LogP contribution in [0.5, 0.6) is 0 Å². The Morgan fingerprint density at radius 1 is 1.38 bits per heavy atom. The molecule has 3 aromatic heterocycles. The number of hydrogen-bond donors (Lipinski definition) is 3. The minimum absolute atomic E-state index is 0.264. The van der Waals surface area contributed by atoms with Crippen LogP contribution in [0.4, 0.5) is 10.1 Å². The molecule has 0 aliphatic heterocycles. The van der Waals surface area contributed by atoms with Crippen LogP contribution in [0.1, 0.15) is 49.0 Å². The van der Waals surface area contributed by atoms with Gasteiger partial charge < -0.3 is 15.7 Å². The van der Waals surface area contributed by atoms with E-state index in [1.165, 1.54) is 26.2 Å². The molecule has 0 bridgehead atoms. The van der Waals surface area contributed by atoms with Crippen LogP contribution in [0, 0.1) is 11.3 Å². The van der Waals surface area contributed by atoms with Gasteiger partial charge in [-0.3, -0.25) is 9.36 Å². The van der Waals surface area contributed by atoms with Crippen LogP contribution in [0.3, 0.4) is 0 Å². The molecule has 9 heteroatoms. The summed E-state index contributed by atoms with van der Waals surface area (Å²) in [5, 5.41) is 25.6. The van der Waals surface area contributed by atoms with Crippen molar-refractivity contribution in [2.24, 2.45) is 0 Å². The fourth-order valence-corrected chi connectivity index (χ4v) is 3.45. The number of fused-ring (bicyclic) bond motifs is 1. The lowest BCUT2D eigenvalue weighted by molar-refractivity contribution is -0.00177. The largest absolute Gasteiger partial charge is 0.387 e. The Morgan fingerprint density at radius 3 is 2.81 bits per heavy atom. The topological polar surface area (TPSA) is 116 Å². The molecule has 0 aromatic carbocycles. The number of nitrogens with zero attached hydrogens (tertiary/aromatic N) is 4. The molecular weight excluding hydrogens is 411 g/mol. The molecule has 0 saturated heterocycles. The summed E-state index contributed by atoms with van der Waals surface area (Å²) in [5.41, 5.74) is 0.482. The van der Waals surface area contributed by atoms with Gasteiger partial charge in [-0.1, -0.05) is 0 Å². The minimum Gasteiger partial charge on any atom is -0.387 e. The van der Waals surface area contributed by atoms with Gasteiger partial charge in [0, 0.05) is 36.1 Å². The van der Waals surface area contributed by atoms with E-state index in [9.17, 15) is 14.3 Å². The zero-order chi connectivity index (χ0) is 22.9. The van der Waals surface area contributed by atoms with Crippen molar-refractivity contribution >= 4 is 22.6 Å². The van der Waals surface area contributed by atoms with Gasteiger partial charge in [0.25, 0.3) is 5.91 Å². The second-order valence-electron chi connectivity index (χ2n) is 8.63. The van der Waals surface area contributed by atoms with Crippen molar-refractivity contribution in [3.05, 3.63) is 47.9 Å². The van der Waals surface area contributed by atoms with Crippen LogP contribution in [0.15, 0.2) is 36.8 Å². The van der Waals surface area contributed by atoms with Crippen molar-refractivity contribution < 1.29 is 14.3 Å². The Bertz CT molecular complexity index is 1190. The number of pyridine rings is 2. The van der Waals surface area contributed by atoms with Crippen LogP contribution in [0.25, 0.3) is 16.9 Å². The monoisotopic (exact) mass is 436 g/mol. The highest BCUT2D eigenvalue weighted by molar-refractivity contribution is 5.99. The molecule has 0 unspecified atom stereocenters. The summed E-state index contributed by atoms with van der Waals surface area (Å²) in [6.07, 6.45) is 6.31. The highest BCUT2D eigenvalue weighted by Crippen LogP contribution is 2.28. The summed E-state index contributed by atoms with van der Waals surface area (Å²) in [6.45, 7) is 2.41. The van der Waals surface area contributed by atoms with E-state index in [0.717, 1.165) is 24.6 Å². The number of carbonyl (C=O) groups is 1. The molecule has 166 valence electrons. The van der Waals surface area contributed by atoms with E-state index in [0.29, 0.717) is 28.3 Å². The molecule has 1 saturated carbocycles. The Labute approximate surface area is 185 Å². The Kier molecular flexibility index (Phi) is 5.80. The number of aromatic nitrogens is 3. The first-order valence-corrected chi connectivity index (χ1v) is 10.5. The van der Waals surface area contributed by atoms with E-state index < -0.39 is 17.7 Å². The summed E-state index contributed by atoms with van der Waals surface area (Å²) < 4.78 is 15.9. The van der Waals surface area contributed by atoms with Gasteiger partial charge >= 0.3 is 0 Å². The van der Waals surface area contributed by atoms with Crippen molar-refractivity contribution in [3.63, 3.8) is 0 Å². The van der Waals surface area contributed by atoms with E-state index in [-0.39, 0.29) is 12.6 Å². The molecule has 4 rings (SSSR count). The number of amides is 1. The molecule has 1 aliphatic rings. The molecule has 0 spiro atoms. The van der Waals surface area contributed by atoms with Gasteiger partial charge in [0.15, 0.2) is 0 Å². The van der Waals surface area contributed by atoms with Gasteiger partial charge in [-0.2, -0.15) is 5.26 Å². The molecule has 3 N–H and O–H groups in total. The van der Waals surface area contributed by atoms with E-state index in [2.05, 4.69) is 26.7 Å². The highest BCUT2D eigenvalue weighted by Gasteiger charge is 2.28. The average Bonchev–Trinajstić information content (AvgIpc) is 3.16. The van der Waals surface area contributed by atoms with Crippen molar-refractivity contribution in [2.45, 2.75) is 50.9 Å². The van der Waals surface area contributed by atoms with Gasteiger partial charge in [0.1, 0.15) is 23.7 Å². The molecule has 3 aromatic rings. The third-order valence-corrected chi connectivity index (χ3v) is 5.71. The zero-order valence-electron chi connectivity index (χ0n) is 18.0. The molecule has 3 heterocycles. The maximum Gasteiger partial charge on any atom is 0.255 e. The Morgan fingerprint density at radius 2 is 2.16 bits per heavy atom. The molecule has 32 heavy (non-hydrogen) atoms. The number of alkyl halides is 1. The number of hydrogen-bond acceptors (Lipinski definition) is 6. The number of aliphatic hydroxyl groups is 1. The number of halogens is 1. The van der Waals surface area contributed by atoms with Crippen molar-refractivity contribution in [2.75, 3.05) is 11.9 Å². The Balaban J connectivity index is 1.64. The lowest BCUT2D eigenvalue weighted by atomic mass is 9.92. The highest BCUT2D eigenvalue weighted by atomic mass is 19.1. The fraction of sp³-hybridized carbons (Fsp3) is 0.391. The SMILES string of the molecule is CC(C)(O)[C@H](F)CNC(=O)c1cnc(-n2ccc3cc(C#N)cnc32)cc1NC1CCC1. The molecule has 8 nitrogen and oxygen atoms in total. The van der Waals surface area contributed by atoms with Gasteiger partial charge in [-0.05, 0) is 45.2 Å². The molecule has 1 atom stereocenters. The third kappa shape index (κ3) is 4.41. The third-order valence-electron chi connectivity index (χ3n) is 5.71. The van der Waals surface area contributed by atoms with Crippen LogP contribution in [0.2, 0.25) is 0 Å². The predicted molar refractivity (Wildman–Crippen MR) is 118 cm³/mol. The van der Waals surface area contributed by atoms with Gasteiger partial charge in [0.2, 0.25) is 0 Å². The minimum atomic E-state index is -1.60. The molecule has 1 aliphatic carbocycles. The maximum atomic E-state index is 14.1. The van der Waals surface area contributed by atoms with Crippen LogP contribution in [-0.2, 0) is 0 Å². The number of nitrogens with one attached hydrogen (secondary N) is 2. The van der Waals surface area contributed by atoms with Crippen molar-refractivity contribution in [1.82, 2.24) is 19.9 Å². The van der Waals surface area contributed by atoms with E-state index in [1.54, 1.807) is 16.7 Å². The first kappa shape index (κ1) is 21.7. The van der Waals surface area contributed by atoms with Gasteiger partial charge in [-0.15, -0.1) is 0 Å². The molecule has 0 radical (unpaired) electrons. The molecule has 1 amide bonds. The molecule has 1 fully saturated rings. The van der Waals surface area contributed by atoms with E-state index >= 15 is 0 Å².